The lowest BCUT2D eigenvalue weighted by Gasteiger charge is -2.27. The third kappa shape index (κ3) is 6.72. The van der Waals surface area contributed by atoms with Crippen LogP contribution in [0, 0.1) is 13.8 Å². The minimum atomic E-state index is 0.154. The third-order valence-electron chi connectivity index (χ3n) is 7.15. The van der Waals surface area contributed by atoms with Crippen LogP contribution in [0.25, 0.3) is 11.1 Å². The Kier molecular flexibility index (Phi) is 9.21. The molecule has 0 bridgehead atoms. The highest BCUT2D eigenvalue weighted by Crippen LogP contribution is 2.38. The molecule has 0 N–H and O–H groups in total. The zero-order chi connectivity index (χ0) is 24.1. The molecule has 2 aromatic carbocycles. The van der Waals surface area contributed by atoms with Gasteiger partial charge in [-0.25, -0.2) is 0 Å². The predicted molar refractivity (Wildman–Crippen MR) is 145 cm³/mol. The second kappa shape index (κ2) is 11.0. The molecule has 0 amide bonds. The fourth-order valence-corrected chi connectivity index (χ4v) is 4.62. The highest BCUT2D eigenvalue weighted by atomic mass is 14.3. The van der Waals surface area contributed by atoms with Gasteiger partial charge in [-0.15, -0.1) is 0 Å². The van der Waals surface area contributed by atoms with Crippen molar-refractivity contribution in [3.05, 3.63) is 57.6 Å². The molecule has 0 atom stereocenters. The number of benzene rings is 2. The van der Waals surface area contributed by atoms with Crippen molar-refractivity contribution < 1.29 is 0 Å². The quantitative estimate of drug-likeness (QED) is 0.344. The van der Waals surface area contributed by atoms with E-state index in [4.69, 9.17) is 0 Å². The first kappa shape index (κ1) is 26.7. The Bertz CT molecular complexity index is 808. The maximum atomic E-state index is 2.50. The molecule has 0 aliphatic heterocycles. The van der Waals surface area contributed by atoms with Crippen LogP contribution >= 0.6 is 0 Å². The summed E-state index contributed by atoms with van der Waals surface area (Å²) >= 11 is 0. The summed E-state index contributed by atoms with van der Waals surface area (Å²) in [5.41, 5.74) is 12.3. The molecule has 0 spiro atoms. The SMILES string of the molecule is CCCCCc1cc(C(C)(C)C)cc(-c2cc(C(C)(C)C)cc(CCCCC)c2C)c1C. The van der Waals surface area contributed by atoms with Gasteiger partial charge in [0.05, 0.1) is 0 Å². The zero-order valence-corrected chi connectivity index (χ0v) is 23.0. The highest BCUT2D eigenvalue weighted by molar-refractivity contribution is 5.75. The average molecular weight is 435 g/mol. The van der Waals surface area contributed by atoms with Gasteiger partial charge in [0.2, 0.25) is 0 Å². The lowest BCUT2D eigenvalue weighted by molar-refractivity contribution is 0.587. The molecule has 0 aliphatic rings. The van der Waals surface area contributed by atoms with Crippen molar-refractivity contribution in [1.82, 2.24) is 0 Å². The maximum absolute atomic E-state index is 2.50. The number of hydrogen-bond acceptors (Lipinski definition) is 0. The predicted octanol–water partition coefficient (Wildman–Crippen LogP) is 10.0. The Morgan fingerprint density at radius 3 is 1.16 bits per heavy atom. The van der Waals surface area contributed by atoms with Crippen molar-refractivity contribution in [3.8, 4) is 11.1 Å². The molecular weight excluding hydrogens is 384 g/mol. The molecule has 32 heavy (non-hydrogen) atoms. The standard InChI is InChI=1S/C32H50/c1-11-13-15-17-25-19-27(31(5,6)7)21-29(23(25)3)30-22-28(32(8,9)10)20-26(24(30)4)18-16-14-12-2/h19-22H,11-18H2,1-10H3. The van der Waals surface area contributed by atoms with Gasteiger partial charge in [0.15, 0.2) is 0 Å². The van der Waals surface area contributed by atoms with Crippen LogP contribution in [0.5, 0.6) is 0 Å². The van der Waals surface area contributed by atoms with Gasteiger partial charge in [-0.3, -0.25) is 0 Å². The normalized spacial score (nSPS) is 12.4. The Morgan fingerprint density at radius 1 is 0.531 bits per heavy atom. The van der Waals surface area contributed by atoms with Gasteiger partial charge in [-0.05, 0) is 94.9 Å². The van der Waals surface area contributed by atoms with E-state index in [-0.39, 0.29) is 10.8 Å². The minimum absolute atomic E-state index is 0.154. The van der Waals surface area contributed by atoms with Crippen LogP contribution in [-0.4, -0.2) is 0 Å². The van der Waals surface area contributed by atoms with E-state index in [1.807, 2.05) is 0 Å². The van der Waals surface area contributed by atoms with Crippen LogP contribution < -0.4 is 0 Å². The van der Waals surface area contributed by atoms with Crippen molar-refractivity contribution in [2.45, 2.75) is 131 Å². The van der Waals surface area contributed by atoms with E-state index in [0.717, 1.165) is 0 Å². The molecule has 0 aliphatic carbocycles. The summed E-state index contributed by atoms with van der Waals surface area (Å²) in [7, 11) is 0. The molecule has 0 heteroatoms. The van der Waals surface area contributed by atoms with E-state index in [2.05, 4.69) is 93.5 Å². The van der Waals surface area contributed by atoms with Gasteiger partial charge in [0.25, 0.3) is 0 Å². The molecule has 0 radical (unpaired) electrons. The molecule has 0 aromatic heterocycles. The van der Waals surface area contributed by atoms with Crippen LogP contribution in [0.2, 0.25) is 0 Å². The van der Waals surface area contributed by atoms with Crippen molar-refractivity contribution in [1.29, 1.82) is 0 Å². The summed E-state index contributed by atoms with van der Waals surface area (Å²) in [4.78, 5) is 0. The second-order valence-electron chi connectivity index (χ2n) is 12.0. The first-order valence-corrected chi connectivity index (χ1v) is 13.2. The van der Waals surface area contributed by atoms with E-state index >= 15 is 0 Å². The number of unbranched alkanes of at least 4 members (excludes halogenated alkanes) is 4. The number of aryl methyl sites for hydroxylation is 2. The van der Waals surface area contributed by atoms with Crippen molar-refractivity contribution in [2.75, 3.05) is 0 Å². The van der Waals surface area contributed by atoms with Gasteiger partial charge >= 0.3 is 0 Å². The molecule has 0 fully saturated rings. The minimum Gasteiger partial charge on any atom is -0.0654 e. The summed E-state index contributed by atoms with van der Waals surface area (Å²) < 4.78 is 0. The molecule has 2 rings (SSSR count). The molecular formula is C32H50. The van der Waals surface area contributed by atoms with Crippen molar-refractivity contribution in [3.63, 3.8) is 0 Å². The molecule has 0 heterocycles. The smallest absolute Gasteiger partial charge is 0.0132 e. The fraction of sp³-hybridized carbons (Fsp3) is 0.625. The van der Waals surface area contributed by atoms with E-state index < -0.39 is 0 Å². The van der Waals surface area contributed by atoms with Crippen LogP contribution in [-0.2, 0) is 23.7 Å². The van der Waals surface area contributed by atoms with Gasteiger partial charge in [-0.1, -0.05) is 105 Å². The second-order valence-corrected chi connectivity index (χ2v) is 12.0. The van der Waals surface area contributed by atoms with E-state index in [1.54, 1.807) is 11.1 Å². The fourth-order valence-electron chi connectivity index (χ4n) is 4.62. The van der Waals surface area contributed by atoms with E-state index in [1.165, 1.54) is 84.7 Å². The number of rotatable bonds is 9. The molecule has 0 unspecified atom stereocenters. The van der Waals surface area contributed by atoms with Crippen LogP contribution in [0.4, 0.5) is 0 Å². The van der Waals surface area contributed by atoms with Gasteiger partial charge < -0.3 is 0 Å². The average Bonchev–Trinajstić information content (AvgIpc) is 2.69. The maximum Gasteiger partial charge on any atom is -0.0132 e. The summed E-state index contributed by atoms with van der Waals surface area (Å²) in [5.74, 6) is 0. The monoisotopic (exact) mass is 434 g/mol. The Hall–Kier alpha value is -1.56. The lowest BCUT2D eigenvalue weighted by atomic mass is 9.78. The molecule has 0 saturated carbocycles. The van der Waals surface area contributed by atoms with E-state index in [9.17, 15) is 0 Å². The van der Waals surface area contributed by atoms with Crippen molar-refractivity contribution in [2.24, 2.45) is 0 Å². The molecule has 2 aromatic rings. The lowest BCUT2D eigenvalue weighted by Crippen LogP contribution is -2.14. The van der Waals surface area contributed by atoms with Crippen LogP contribution in [0.15, 0.2) is 24.3 Å². The first-order valence-electron chi connectivity index (χ1n) is 13.2. The molecule has 178 valence electrons. The van der Waals surface area contributed by atoms with Gasteiger partial charge in [0.1, 0.15) is 0 Å². The summed E-state index contributed by atoms with van der Waals surface area (Å²) in [5, 5.41) is 0. The largest absolute Gasteiger partial charge is 0.0654 e. The van der Waals surface area contributed by atoms with Crippen LogP contribution in [0.1, 0.15) is 127 Å². The topological polar surface area (TPSA) is 0 Å². The summed E-state index contributed by atoms with van der Waals surface area (Å²) in [6, 6.07) is 10.0. The summed E-state index contributed by atoms with van der Waals surface area (Å²) in [6.07, 6.45) is 10.1. The van der Waals surface area contributed by atoms with Crippen LogP contribution in [0.3, 0.4) is 0 Å². The zero-order valence-electron chi connectivity index (χ0n) is 23.0. The molecule has 0 saturated heterocycles. The van der Waals surface area contributed by atoms with Gasteiger partial charge in [0, 0.05) is 0 Å². The van der Waals surface area contributed by atoms with E-state index in [0.29, 0.717) is 0 Å². The Morgan fingerprint density at radius 2 is 0.875 bits per heavy atom. The molecule has 0 nitrogen and oxygen atoms in total. The Labute approximate surface area is 200 Å². The number of hydrogen-bond donors (Lipinski definition) is 0. The van der Waals surface area contributed by atoms with Gasteiger partial charge in [-0.2, -0.15) is 0 Å². The first-order chi connectivity index (χ1) is 14.9. The third-order valence-corrected chi connectivity index (χ3v) is 7.15. The Balaban J connectivity index is 2.72. The highest BCUT2D eigenvalue weighted by Gasteiger charge is 2.22. The van der Waals surface area contributed by atoms with Crippen molar-refractivity contribution >= 4 is 0 Å². The summed E-state index contributed by atoms with van der Waals surface area (Å²) in [6.45, 7) is 23.4.